The van der Waals surface area contributed by atoms with E-state index in [4.69, 9.17) is 14.5 Å². The second-order valence-corrected chi connectivity index (χ2v) is 9.19. The number of aromatic hydroxyl groups is 1. The number of phenolic OH excluding ortho intramolecular Hbond substituents is 1. The summed E-state index contributed by atoms with van der Waals surface area (Å²) in [6.07, 6.45) is 2.10. The fourth-order valence-corrected chi connectivity index (χ4v) is 4.80. The zero-order valence-electron chi connectivity index (χ0n) is 20.3. The van der Waals surface area contributed by atoms with Crippen molar-refractivity contribution in [3.63, 3.8) is 0 Å². The third kappa shape index (κ3) is 4.48. The van der Waals surface area contributed by atoms with Crippen LogP contribution < -0.4 is 9.47 Å². The monoisotopic (exact) mass is 500 g/mol. The van der Waals surface area contributed by atoms with Crippen LogP contribution in [0.1, 0.15) is 24.1 Å². The van der Waals surface area contributed by atoms with Crippen LogP contribution in [0.4, 0.5) is 4.39 Å². The SMILES string of the molecule is COc1c(OCC2CCN(C)CC2)cc(F)c2c(-c3ccc(O)c(C)c3)nc3[nH]nc(C)c3c12.Cl. The molecule has 4 aromatic rings. The summed E-state index contributed by atoms with van der Waals surface area (Å²) in [6, 6.07) is 6.52. The van der Waals surface area contributed by atoms with Crippen molar-refractivity contribution in [2.75, 3.05) is 33.9 Å². The Bertz CT molecular complexity index is 1380. The Kier molecular flexibility index (Phi) is 7.05. The molecule has 1 saturated heterocycles. The molecule has 0 unspecified atom stereocenters. The van der Waals surface area contributed by atoms with E-state index in [0.29, 0.717) is 68.3 Å². The first-order valence-electron chi connectivity index (χ1n) is 11.5. The van der Waals surface area contributed by atoms with Gasteiger partial charge in [0, 0.05) is 22.4 Å². The zero-order chi connectivity index (χ0) is 24.0. The van der Waals surface area contributed by atoms with Crippen LogP contribution in [0.3, 0.4) is 0 Å². The first-order valence-corrected chi connectivity index (χ1v) is 11.5. The Morgan fingerprint density at radius 3 is 2.57 bits per heavy atom. The number of phenols is 1. The number of nitrogens with one attached hydrogen (secondary N) is 1. The molecular formula is C26H30ClFN4O3. The van der Waals surface area contributed by atoms with Crippen LogP contribution in [-0.4, -0.2) is 59.0 Å². The molecule has 0 aliphatic carbocycles. The molecule has 5 rings (SSSR count). The van der Waals surface area contributed by atoms with E-state index in [2.05, 4.69) is 22.1 Å². The van der Waals surface area contributed by atoms with Gasteiger partial charge in [0.15, 0.2) is 17.1 Å². The number of benzene rings is 2. The van der Waals surface area contributed by atoms with Crippen LogP contribution in [0.5, 0.6) is 17.2 Å². The lowest BCUT2D eigenvalue weighted by molar-refractivity contribution is 0.157. The van der Waals surface area contributed by atoms with Crippen LogP contribution in [0.25, 0.3) is 33.1 Å². The summed E-state index contributed by atoms with van der Waals surface area (Å²) in [7, 11) is 3.69. The highest BCUT2D eigenvalue weighted by molar-refractivity contribution is 6.15. The van der Waals surface area contributed by atoms with Gasteiger partial charge in [-0.15, -0.1) is 12.4 Å². The average molecular weight is 501 g/mol. The minimum Gasteiger partial charge on any atom is -0.508 e. The van der Waals surface area contributed by atoms with E-state index >= 15 is 4.39 Å². The fourth-order valence-electron chi connectivity index (χ4n) is 4.80. The number of aryl methyl sites for hydroxylation is 2. The molecule has 9 heteroatoms. The summed E-state index contributed by atoms with van der Waals surface area (Å²) in [5.41, 5.74) is 3.06. The molecule has 0 atom stereocenters. The average Bonchev–Trinajstić information content (AvgIpc) is 3.20. The van der Waals surface area contributed by atoms with Gasteiger partial charge in [0.1, 0.15) is 11.6 Å². The molecule has 3 heterocycles. The highest BCUT2D eigenvalue weighted by atomic mass is 35.5. The third-order valence-corrected chi connectivity index (χ3v) is 6.82. The van der Waals surface area contributed by atoms with Gasteiger partial charge in [-0.05, 0) is 76.5 Å². The van der Waals surface area contributed by atoms with E-state index < -0.39 is 5.82 Å². The lowest BCUT2D eigenvalue weighted by Gasteiger charge is -2.29. The van der Waals surface area contributed by atoms with Crippen molar-refractivity contribution in [2.24, 2.45) is 5.92 Å². The van der Waals surface area contributed by atoms with Crippen LogP contribution in [0.15, 0.2) is 24.3 Å². The van der Waals surface area contributed by atoms with Gasteiger partial charge in [-0.25, -0.2) is 9.37 Å². The van der Waals surface area contributed by atoms with Gasteiger partial charge in [0.05, 0.1) is 30.5 Å². The predicted molar refractivity (Wildman–Crippen MR) is 137 cm³/mol. The Hall–Kier alpha value is -3.10. The molecule has 186 valence electrons. The lowest BCUT2D eigenvalue weighted by atomic mass is 9.97. The lowest BCUT2D eigenvalue weighted by Crippen LogP contribution is -2.32. The van der Waals surface area contributed by atoms with E-state index in [1.165, 1.54) is 6.07 Å². The number of methoxy groups -OCH3 is 1. The molecular weight excluding hydrogens is 471 g/mol. The molecule has 2 N–H and O–H groups in total. The maximum atomic E-state index is 15.8. The number of halogens is 2. The van der Waals surface area contributed by atoms with E-state index in [1.807, 2.05) is 6.92 Å². The topological polar surface area (TPSA) is 83.5 Å². The largest absolute Gasteiger partial charge is 0.508 e. The minimum absolute atomic E-state index is 0. The number of hydrogen-bond donors (Lipinski definition) is 2. The number of pyridine rings is 1. The molecule has 7 nitrogen and oxygen atoms in total. The van der Waals surface area contributed by atoms with Crippen molar-refractivity contribution < 1.29 is 19.0 Å². The Morgan fingerprint density at radius 2 is 1.89 bits per heavy atom. The molecule has 0 radical (unpaired) electrons. The summed E-state index contributed by atoms with van der Waals surface area (Å²) < 4.78 is 27.8. The third-order valence-electron chi connectivity index (χ3n) is 6.82. The number of aromatic amines is 1. The van der Waals surface area contributed by atoms with Crippen LogP contribution >= 0.6 is 12.4 Å². The van der Waals surface area contributed by atoms with Crippen molar-refractivity contribution >= 4 is 34.2 Å². The first kappa shape index (κ1) is 25.0. The van der Waals surface area contributed by atoms with Crippen molar-refractivity contribution in [3.8, 4) is 28.5 Å². The second-order valence-electron chi connectivity index (χ2n) is 9.19. The van der Waals surface area contributed by atoms with Crippen LogP contribution in [0, 0.1) is 25.6 Å². The van der Waals surface area contributed by atoms with Crippen LogP contribution in [-0.2, 0) is 0 Å². The smallest absolute Gasteiger partial charge is 0.169 e. The molecule has 0 amide bonds. The van der Waals surface area contributed by atoms with Crippen molar-refractivity contribution in [1.82, 2.24) is 20.1 Å². The fraction of sp³-hybridized carbons (Fsp3) is 0.385. The van der Waals surface area contributed by atoms with Crippen molar-refractivity contribution in [2.45, 2.75) is 26.7 Å². The summed E-state index contributed by atoms with van der Waals surface area (Å²) in [5.74, 6) is 1.01. The van der Waals surface area contributed by atoms with Gasteiger partial charge in [0.2, 0.25) is 0 Å². The molecule has 0 bridgehead atoms. The van der Waals surface area contributed by atoms with Crippen molar-refractivity contribution in [1.29, 1.82) is 0 Å². The number of hydrogen-bond acceptors (Lipinski definition) is 6. The quantitative estimate of drug-likeness (QED) is 0.382. The van der Waals surface area contributed by atoms with Gasteiger partial charge in [0.25, 0.3) is 0 Å². The summed E-state index contributed by atoms with van der Waals surface area (Å²) in [4.78, 5) is 7.03. The van der Waals surface area contributed by atoms with Gasteiger partial charge in [-0.3, -0.25) is 5.10 Å². The summed E-state index contributed by atoms with van der Waals surface area (Å²) >= 11 is 0. The normalized spacial score (nSPS) is 14.9. The molecule has 1 aliphatic rings. The van der Waals surface area contributed by atoms with Gasteiger partial charge in [-0.2, -0.15) is 5.10 Å². The minimum atomic E-state index is -0.440. The van der Waals surface area contributed by atoms with Crippen molar-refractivity contribution in [3.05, 3.63) is 41.3 Å². The molecule has 1 aliphatic heterocycles. The van der Waals surface area contributed by atoms with Gasteiger partial charge in [-0.1, -0.05) is 0 Å². The number of likely N-dealkylation sites (tertiary alicyclic amines) is 1. The molecule has 0 spiro atoms. The number of ether oxygens (including phenoxy) is 2. The zero-order valence-corrected chi connectivity index (χ0v) is 21.1. The maximum Gasteiger partial charge on any atom is 0.169 e. The number of rotatable bonds is 5. The number of H-pyrrole nitrogens is 1. The summed E-state index contributed by atoms with van der Waals surface area (Å²) in [6.45, 7) is 6.23. The Balaban J connectivity index is 0.00000289. The molecule has 0 saturated carbocycles. The van der Waals surface area contributed by atoms with E-state index in [9.17, 15) is 5.11 Å². The predicted octanol–water partition coefficient (Wildman–Crippen LogP) is 5.39. The Morgan fingerprint density at radius 1 is 1.14 bits per heavy atom. The van der Waals surface area contributed by atoms with E-state index in [1.54, 1.807) is 32.2 Å². The first-order chi connectivity index (χ1) is 16.4. The maximum absolute atomic E-state index is 15.8. The van der Waals surface area contributed by atoms with Crippen LogP contribution in [0.2, 0.25) is 0 Å². The highest BCUT2D eigenvalue weighted by Crippen LogP contribution is 2.45. The van der Waals surface area contributed by atoms with Gasteiger partial charge >= 0.3 is 0 Å². The van der Waals surface area contributed by atoms with Gasteiger partial charge < -0.3 is 19.5 Å². The molecule has 2 aromatic heterocycles. The number of aromatic nitrogens is 3. The standard InChI is InChI=1S/C26H29FN4O3.ClH/c1-14-11-17(5-6-19(14)32)24-22-18(27)12-20(34-13-16-7-9-31(3)10-8-16)25(33-4)23(22)21-15(2)29-30-26(21)28-24;/h5-6,11-12,16,32H,7-10,13H2,1-4H3,(H,28,29,30);1H. The second kappa shape index (κ2) is 9.87. The number of nitrogens with zero attached hydrogens (tertiary/aromatic N) is 3. The highest BCUT2D eigenvalue weighted by Gasteiger charge is 2.25. The van der Waals surface area contributed by atoms with E-state index in [-0.39, 0.29) is 18.2 Å². The number of piperidine rings is 1. The number of fused-ring (bicyclic) bond motifs is 3. The summed E-state index contributed by atoms with van der Waals surface area (Å²) in [5, 5.41) is 18.9. The van der Waals surface area contributed by atoms with E-state index in [0.717, 1.165) is 25.9 Å². The molecule has 2 aromatic carbocycles. The molecule has 35 heavy (non-hydrogen) atoms. The Labute approximate surface area is 209 Å². The molecule has 1 fully saturated rings.